The Bertz CT molecular complexity index is 1500. The normalized spacial score (nSPS) is 11.1. The van der Waals surface area contributed by atoms with E-state index in [2.05, 4.69) is 5.32 Å². The lowest BCUT2D eigenvalue weighted by Gasteiger charge is -2.06. The molecule has 0 radical (unpaired) electrons. The Morgan fingerprint density at radius 1 is 0.970 bits per heavy atom. The Balaban J connectivity index is 1.48. The minimum atomic E-state index is -0.458. The largest absolute Gasteiger partial charge is 0.497 e. The second kappa shape index (κ2) is 8.27. The molecule has 7 heteroatoms. The van der Waals surface area contributed by atoms with Crippen molar-refractivity contribution in [2.45, 2.75) is 6.42 Å². The molecule has 1 amide bonds. The van der Waals surface area contributed by atoms with E-state index in [4.69, 9.17) is 13.6 Å². The van der Waals surface area contributed by atoms with Crippen LogP contribution >= 0.6 is 0 Å². The second-order valence-corrected chi connectivity index (χ2v) is 7.49. The second-order valence-electron chi connectivity index (χ2n) is 7.49. The number of halogens is 1. The van der Waals surface area contributed by atoms with Crippen LogP contribution in [0.1, 0.15) is 21.7 Å². The first-order valence-electron chi connectivity index (χ1n) is 10.2. The molecule has 0 saturated carbocycles. The van der Waals surface area contributed by atoms with Crippen LogP contribution in [0.5, 0.6) is 5.75 Å². The van der Waals surface area contributed by atoms with Gasteiger partial charge in [-0.2, -0.15) is 0 Å². The maximum Gasteiger partial charge on any atom is 0.230 e. The Morgan fingerprint density at radius 3 is 2.55 bits per heavy atom. The van der Waals surface area contributed by atoms with Gasteiger partial charge < -0.3 is 18.9 Å². The van der Waals surface area contributed by atoms with Gasteiger partial charge in [-0.1, -0.05) is 12.1 Å². The van der Waals surface area contributed by atoms with Crippen molar-refractivity contribution in [3.63, 3.8) is 0 Å². The van der Waals surface area contributed by atoms with Crippen molar-refractivity contribution in [3.8, 4) is 5.75 Å². The Labute approximate surface area is 187 Å². The van der Waals surface area contributed by atoms with E-state index in [0.717, 1.165) is 5.39 Å². The van der Waals surface area contributed by atoms with Crippen molar-refractivity contribution in [2.24, 2.45) is 0 Å². The van der Waals surface area contributed by atoms with Gasteiger partial charge in [0.05, 0.1) is 25.5 Å². The zero-order valence-corrected chi connectivity index (χ0v) is 17.6. The number of ether oxygens (including phenoxy) is 1. The lowest BCUT2D eigenvalue weighted by molar-refractivity contribution is -0.115. The van der Waals surface area contributed by atoms with E-state index in [1.807, 2.05) is 0 Å². The smallest absolute Gasteiger partial charge is 0.230 e. The molecule has 33 heavy (non-hydrogen) atoms. The van der Waals surface area contributed by atoms with E-state index in [1.165, 1.54) is 30.5 Å². The number of nitrogens with one attached hydrogen (secondary N) is 1. The molecule has 2 heterocycles. The summed E-state index contributed by atoms with van der Waals surface area (Å²) in [4.78, 5) is 26.1. The summed E-state index contributed by atoms with van der Waals surface area (Å²) < 4.78 is 29.9. The zero-order chi connectivity index (χ0) is 22.9. The van der Waals surface area contributed by atoms with E-state index < -0.39 is 11.6 Å². The van der Waals surface area contributed by atoms with E-state index in [9.17, 15) is 14.0 Å². The molecule has 0 aliphatic carbocycles. The summed E-state index contributed by atoms with van der Waals surface area (Å²) in [6.45, 7) is 0. The molecule has 5 aromatic rings. The van der Waals surface area contributed by atoms with Crippen LogP contribution in [0.25, 0.3) is 21.9 Å². The van der Waals surface area contributed by atoms with Gasteiger partial charge in [-0.15, -0.1) is 0 Å². The van der Waals surface area contributed by atoms with Gasteiger partial charge in [0, 0.05) is 21.9 Å². The SMILES string of the molecule is COc1ccc2occ(CC(=O)Nc3c(C(=O)c4ccc(F)cc4)oc4ccccc34)c2c1. The van der Waals surface area contributed by atoms with Crippen LogP contribution in [0.3, 0.4) is 0 Å². The van der Waals surface area contributed by atoms with Gasteiger partial charge in [0.2, 0.25) is 11.7 Å². The molecular weight excluding hydrogens is 425 g/mol. The number of carbonyl (C=O) groups excluding carboxylic acids is 2. The lowest BCUT2D eigenvalue weighted by Crippen LogP contribution is -2.16. The van der Waals surface area contributed by atoms with Gasteiger partial charge in [-0.3, -0.25) is 9.59 Å². The van der Waals surface area contributed by atoms with Crippen molar-refractivity contribution in [2.75, 3.05) is 12.4 Å². The number of ketones is 1. The number of benzene rings is 3. The average Bonchev–Trinajstić information content (AvgIpc) is 3.40. The minimum Gasteiger partial charge on any atom is -0.497 e. The van der Waals surface area contributed by atoms with Crippen LogP contribution in [-0.4, -0.2) is 18.8 Å². The zero-order valence-electron chi connectivity index (χ0n) is 17.6. The number of rotatable bonds is 6. The number of para-hydroxylation sites is 1. The maximum absolute atomic E-state index is 13.3. The summed E-state index contributed by atoms with van der Waals surface area (Å²) in [5, 5.41) is 4.19. The van der Waals surface area contributed by atoms with Gasteiger partial charge in [-0.05, 0) is 54.6 Å². The quantitative estimate of drug-likeness (QED) is 0.339. The number of carbonyl (C=O) groups is 2. The fourth-order valence-corrected chi connectivity index (χ4v) is 3.74. The van der Waals surface area contributed by atoms with Crippen molar-refractivity contribution in [3.05, 3.63) is 95.7 Å². The molecule has 6 nitrogen and oxygen atoms in total. The molecular formula is C26H18FNO5. The van der Waals surface area contributed by atoms with Crippen LogP contribution in [0.2, 0.25) is 0 Å². The summed E-state index contributed by atoms with van der Waals surface area (Å²) in [6, 6.07) is 17.5. The molecule has 0 atom stereocenters. The van der Waals surface area contributed by atoms with E-state index >= 15 is 0 Å². The van der Waals surface area contributed by atoms with Gasteiger partial charge >= 0.3 is 0 Å². The first-order valence-corrected chi connectivity index (χ1v) is 10.2. The topological polar surface area (TPSA) is 81.7 Å². The number of amides is 1. The van der Waals surface area contributed by atoms with Crippen LogP contribution in [0.15, 0.2) is 81.8 Å². The molecule has 3 aromatic carbocycles. The Hall–Kier alpha value is -4.39. The number of furan rings is 2. The number of hydrogen-bond donors (Lipinski definition) is 1. The van der Waals surface area contributed by atoms with Crippen molar-refractivity contribution >= 4 is 39.3 Å². The molecule has 0 saturated heterocycles. The monoisotopic (exact) mass is 443 g/mol. The number of fused-ring (bicyclic) bond motifs is 2. The molecule has 0 bridgehead atoms. The predicted octanol–water partition coefficient (Wildman–Crippen LogP) is 5.74. The first kappa shape index (κ1) is 20.5. The molecule has 2 aromatic heterocycles. The van der Waals surface area contributed by atoms with Crippen LogP contribution in [-0.2, 0) is 11.2 Å². The van der Waals surface area contributed by atoms with Crippen LogP contribution in [0.4, 0.5) is 10.1 Å². The summed E-state index contributed by atoms with van der Waals surface area (Å²) in [6.07, 6.45) is 1.55. The van der Waals surface area contributed by atoms with E-state index in [-0.39, 0.29) is 29.3 Å². The van der Waals surface area contributed by atoms with Crippen molar-refractivity contribution < 1.29 is 27.6 Å². The first-order chi connectivity index (χ1) is 16.0. The van der Waals surface area contributed by atoms with Crippen LogP contribution < -0.4 is 10.1 Å². The molecule has 0 fully saturated rings. The van der Waals surface area contributed by atoms with Gasteiger partial charge in [-0.25, -0.2) is 4.39 Å². The average molecular weight is 443 g/mol. The van der Waals surface area contributed by atoms with Crippen LogP contribution in [0, 0.1) is 5.82 Å². The third kappa shape index (κ3) is 3.85. The number of hydrogen-bond acceptors (Lipinski definition) is 5. The van der Waals surface area contributed by atoms with E-state index in [0.29, 0.717) is 27.9 Å². The molecule has 0 unspecified atom stereocenters. The van der Waals surface area contributed by atoms with Gasteiger partial charge in [0.25, 0.3) is 0 Å². The summed E-state index contributed by atoms with van der Waals surface area (Å²) in [5.41, 5.74) is 2.30. The highest BCUT2D eigenvalue weighted by atomic mass is 19.1. The third-order valence-electron chi connectivity index (χ3n) is 5.38. The standard InChI is InChI=1S/C26H18FNO5/c1-31-18-10-11-21-20(13-18)16(14-32-21)12-23(29)28-24-19-4-2-3-5-22(19)33-26(24)25(30)15-6-8-17(27)9-7-15/h2-11,13-14H,12H2,1H3,(H,28,29). The predicted molar refractivity (Wildman–Crippen MR) is 121 cm³/mol. The maximum atomic E-state index is 13.3. The highest BCUT2D eigenvalue weighted by Gasteiger charge is 2.24. The van der Waals surface area contributed by atoms with Crippen molar-refractivity contribution in [1.29, 1.82) is 0 Å². The highest BCUT2D eigenvalue weighted by Crippen LogP contribution is 2.33. The lowest BCUT2D eigenvalue weighted by atomic mass is 10.1. The number of methoxy groups -OCH3 is 1. The molecule has 0 aliphatic rings. The van der Waals surface area contributed by atoms with E-state index in [1.54, 1.807) is 49.6 Å². The van der Waals surface area contributed by atoms with Gasteiger partial charge in [0.1, 0.15) is 22.7 Å². The fourth-order valence-electron chi connectivity index (χ4n) is 3.74. The van der Waals surface area contributed by atoms with Crippen molar-refractivity contribution in [1.82, 2.24) is 0 Å². The summed E-state index contributed by atoms with van der Waals surface area (Å²) >= 11 is 0. The number of anilines is 1. The molecule has 164 valence electrons. The molecule has 0 aliphatic heterocycles. The Kier molecular flexibility index (Phi) is 5.14. The molecule has 1 N–H and O–H groups in total. The molecule has 5 rings (SSSR count). The molecule has 0 spiro atoms. The highest BCUT2D eigenvalue weighted by molar-refractivity contribution is 6.17. The third-order valence-corrected chi connectivity index (χ3v) is 5.38. The summed E-state index contributed by atoms with van der Waals surface area (Å²) in [7, 11) is 1.57. The summed E-state index contributed by atoms with van der Waals surface area (Å²) in [5.74, 6) is -0.623. The minimum absolute atomic E-state index is 0.0177. The Morgan fingerprint density at radius 2 is 1.76 bits per heavy atom. The van der Waals surface area contributed by atoms with Gasteiger partial charge in [0.15, 0.2) is 5.76 Å². The fraction of sp³-hybridized carbons (Fsp3) is 0.0769.